The predicted molar refractivity (Wildman–Crippen MR) is 126 cm³/mol. The first-order chi connectivity index (χ1) is 16.1. The monoisotopic (exact) mass is 448 g/mol. The van der Waals surface area contributed by atoms with Gasteiger partial charge in [0.1, 0.15) is 29.6 Å². The number of benzene rings is 3. The molecule has 3 N–H and O–H groups in total. The number of methoxy groups -OCH3 is 3. The molecule has 2 amide bonds. The highest BCUT2D eigenvalue weighted by Crippen LogP contribution is 2.27. The highest BCUT2D eigenvalue weighted by atomic mass is 16.5. The highest BCUT2D eigenvalue weighted by molar-refractivity contribution is 6.04. The van der Waals surface area contributed by atoms with Gasteiger partial charge in [0, 0.05) is 29.3 Å². The highest BCUT2D eigenvalue weighted by Gasteiger charge is 2.11. The molecule has 0 saturated heterocycles. The number of rotatable bonds is 8. The number of aromatic amines is 1. The van der Waals surface area contributed by atoms with Gasteiger partial charge in [-0.2, -0.15) is 5.10 Å². The summed E-state index contributed by atoms with van der Waals surface area (Å²) in [4.78, 5) is 12.4. The number of nitrogens with one attached hydrogen (secondary N) is 3. The molecule has 3 aromatic carbocycles. The van der Waals surface area contributed by atoms with Crippen molar-refractivity contribution >= 4 is 28.4 Å². The van der Waals surface area contributed by atoms with Crippen LogP contribution in [-0.2, 0) is 6.61 Å². The van der Waals surface area contributed by atoms with Crippen LogP contribution < -0.4 is 29.6 Å². The molecule has 33 heavy (non-hydrogen) atoms. The second-order valence-electron chi connectivity index (χ2n) is 7.10. The lowest BCUT2D eigenvalue weighted by molar-refractivity contribution is 0.262. The van der Waals surface area contributed by atoms with Gasteiger partial charge in [-0.1, -0.05) is 6.07 Å². The molecule has 0 unspecified atom stereocenters. The second-order valence-corrected chi connectivity index (χ2v) is 7.10. The fourth-order valence-corrected chi connectivity index (χ4v) is 3.27. The minimum absolute atomic E-state index is 0.335. The van der Waals surface area contributed by atoms with Crippen LogP contribution in [-0.4, -0.2) is 37.6 Å². The average Bonchev–Trinajstić information content (AvgIpc) is 3.24. The Kier molecular flexibility index (Phi) is 6.49. The fraction of sp³-hybridized carbons (Fsp3) is 0.167. The van der Waals surface area contributed by atoms with Crippen LogP contribution in [0.15, 0.2) is 60.7 Å². The van der Waals surface area contributed by atoms with Crippen LogP contribution in [0.5, 0.6) is 23.0 Å². The third-order valence-electron chi connectivity index (χ3n) is 4.91. The second kappa shape index (κ2) is 9.82. The smallest absolute Gasteiger partial charge is 0.324 e. The van der Waals surface area contributed by atoms with Crippen molar-refractivity contribution in [3.63, 3.8) is 0 Å². The molecule has 9 heteroatoms. The number of hydrogen-bond acceptors (Lipinski definition) is 6. The molecule has 4 aromatic rings. The standard InChI is InChI=1S/C24H24N4O5/c1-30-17-6-4-5-16(11-17)25-24(29)26-23-21-8-7-18(13-22(21)27-28-23)33-14-15-9-19(31-2)12-20(10-15)32-3/h4-13H,14H2,1-3H3,(H3,25,26,27,28,29). The van der Waals surface area contributed by atoms with Crippen molar-refractivity contribution in [2.24, 2.45) is 0 Å². The number of aromatic nitrogens is 2. The number of carbonyl (C=O) groups is 1. The predicted octanol–water partition coefficient (Wildman–Crippen LogP) is 4.81. The maximum atomic E-state index is 12.4. The first-order valence-corrected chi connectivity index (χ1v) is 10.1. The Labute approximate surface area is 190 Å². The largest absolute Gasteiger partial charge is 0.497 e. The van der Waals surface area contributed by atoms with Gasteiger partial charge in [-0.25, -0.2) is 4.79 Å². The molecular formula is C24H24N4O5. The summed E-state index contributed by atoms with van der Waals surface area (Å²) in [5.41, 5.74) is 2.25. The molecule has 0 atom stereocenters. The molecule has 0 aliphatic heterocycles. The van der Waals surface area contributed by atoms with Crippen LogP contribution in [0.4, 0.5) is 16.3 Å². The van der Waals surface area contributed by atoms with E-state index in [0.717, 1.165) is 16.5 Å². The van der Waals surface area contributed by atoms with Crippen molar-refractivity contribution in [1.82, 2.24) is 10.2 Å². The molecule has 9 nitrogen and oxygen atoms in total. The molecule has 0 aliphatic rings. The summed E-state index contributed by atoms with van der Waals surface area (Å²) >= 11 is 0. The van der Waals surface area contributed by atoms with Gasteiger partial charge in [-0.3, -0.25) is 10.4 Å². The van der Waals surface area contributed by atoms with E-state index in [-0.39, 0.29) is 0 Å². The number of urea groups is 1. The van der Waals surface area contributed by atoms with Crippen LogP contribution >= 0.6 is 0 Å². The lowest BCUT2D eigenvalue weighted by Gasteiger charge is -2.10. The fourth-order valence-electron chi connectivity index (χ4n) is 3.27. The molecule has 4 rings (SSSR count). The Morgan fingerprint density at radius 1 is 0.848 bits per heavy atom. The number of ether oxygens (including phenoxy) is 4. The van der Waals surface area contributed by atoms with Crippen molar-refractivity contribution < 1.29 is 23.7 Å². The third kappa shape index (κ3) is 5.27. The number of fused-ring (bicyclic) bond motifs is 1. The van der Waals surface area contributed by atoms with E-state index in [4.69, 9.17) is 18.9 Å². The van der Waals surface area contributed by atoms with E-state index >= 15 is 0 Å². The Morgan fingerprint density at radius 3 is 2.33 bits per heavy atom. The van der Waals surface area contributed by atoms with Crippen LogP contribution in [0, 0.1) is 0 Å². The van der Waals surface area contributed by atoms with Crippen molar-refractivity contribution in [3.05, 3.63) is 66.2 Å². The van der Waals surface area contributed by atoms with Crippen LogP contribution in [0.25, 0.3) is 10.9 Å². The first kappa shape index (κ1) is 21.8. The Bertz CT molecular complexity index is 1250. The van der Waals surface area contributed by atoms with E-state index in [9.17, 15) is 4.79 Å². The minimum atomic E-state index is -0.413. The van der Waals surface area contributed by atoms with E-state index in [0.29, 0.717) is 41.1 Å². The number of hydrogen-bond donors (Lipinski definition) is 3. The quantitative estimate of drug-likeness (QED) is 0.357. The third-order valence-corrected chi connectivity index (χ3v) is 4.91. The lowest BCUT2D eigenvalue weighted by Crippen LogP contribution is -2.19. The Balaban J connectivity index is 1.42. The SMILES string of the molecule is COc1cccc(NC(=O)Nc2n[nH]c3cc(OCc4cc(OC)cc(OC)c4)ccc23)c1. The average molecular weight is 448 g/mol. The van der Waals surface area contributed by atoms with Gasteiger partial charge in [0.05, 0.1) is 26.8 Å². The van der Waals surface area contributed by atoms with Crippen molar-refractivity contribution in [2.75, 3.05) is 32.0 Å². The molecule has 170 valence electrons. The molecule has 0 spiro atoms. The zero-order valence-electron chi connectivity index (χ0n) is 18.5. The summed E-state index contributed by atoms with van der Waals surface area (Å²) in [5.74, 6) is 3.10. The van der Waals surface area contributed by atoms with Gasteiger partial charge in [-0.05, 0) is 42.0 Å². The van der Waals surface area contributed by atoms with Crippen LogP contribution in [0.1, 0.15) is 5.56 Å². The zero-order chi connectivity index (χ0) is 23.2. The van der Waals surface area contributed by atoms with E-state index in [2.05, 4.69) is 20.8 Å². The molecule has 0 saturated carbocycles. The minimum Gasteiger partial charge on any atom is -0.497 e. The van der Waals surface area contributed by atoms with Gasteiger partial charge in [0.25, 0.3) is 0 Å². The zero-order valence-corrected chi connectivity index (χ0v) is 18.5. The van der Waals surface area contributed by atoms with Gasteiger partial charge in [-0.15, -0.1) is 0 Å². The number of amides is 2. The normalized spacial score (nSPS) is 10.5. The number of nitrogens with zero attached hydrogens (tertiary/aromatic N) is 1. The van der Waals surface area contributed by atoms with Gasteiger partial charge in [0.2, 0.25) is 0 Å². The lowest BCUT2D eigenvalue weighted by atomic mass is 10.2. The maximum absolute atomic E-state index is 12.4. The van der Waals surface area contributed by atoms with E-state index in [1.54, 1.807) is 51.7 Å². The summed E-state index contributed by atoms with van der Waals surface area (Å²) in [7, 11) is 4.78. The van der Waals surface area contributed by atoms with Crippen molar-refractivity contribution in [3.8, 4) is 23.0 Å². The maximum Gasteiger partial charge on any atom is 0.324 e. The summed E-state index contributed by atoms with van der Waals surface area (Å²) in [5, 5.41) is 13.4. The van der Waals surface area contributed by atoms with E-state index in [1.807, 2.05) is 30.3 Å². The number of anilines is 2. The Morgan fingerprint density at radius 2 is 1.61 bits per heavy atom. The van der Waals surface area contributed by atoms with Crippen molar-refractivity contribution in [2.45, 2.75) is 6.61 Å². The Hall–Kier alpha value is -4.40. The first-order valence-electron chi connectivity index (χ1n) is 10.1. The van der Waals surface area contributed by atoms with E-state index < -0.39 is 6.03 Å². The summed E-state index contributed by atoms with van der Waals surface area (Å²) in [6.45, 7) is 0.335. The molecular weight excluding hydrogens is 424 g/mol. The molecule has 0 bridgehead atoms. The molecule has 0 fully saturated rings. The van der Waals surface area contributed by atoms with E-state index in [1.165, 1.54) is 0 Å². The number of H-pyrrole nitrogens is 1. The molecule has 1 aromatic heterocycles. The molecule has 0 radical (unpaired) electrons. The van der Waals surface area contributed by atoms with Crippen LogP contribution in [0.3, 0.4) is 0 Å². The number of carbonyl (C=O) groups excluding carboxylic acids is 1. The summed E-state index contributed by atoms with van der Waals surface area (Å²) in [6, 6.07) is 17.7. The summed E-state index contributed by atoms with van der Waals surface area (Å²) in [6.07, 6.45) is 0. The van der Waals surface area contributed by atoms with Crippen LogP contribution in [0.2, 0.25) is 0 Å². The molecule has 1 heterocycles. The van der Waals surface area contributed by atoms with Gasteiger partial charge < -0.3 is 24.3 Å². The van der Waals surface area contributed by atoms with Gasteiger partial charge in [0.15, 0.2) is 5.82 Å². The molecule has 0 aliphatic carbocycles. The van der Waals surface area contributed by atoms with Gasteiger partial charge >= 0.3 is 6.03 Å². The summed E-state index contributed by atoms with van der Waals surface area (Å²) < 4.78 is 21.7. The topological polar surface area (TPSA) is 107 Å². The van der Waals surface area contributed by atoms with Crippen molar-refractivity contribution in [1.29, 1.82) is 0 Å².